The van der Waals surface area contributed by atoms with Crippen molar-refractivity contribution in [1.29, 1.82) is 0 Å². The molecule has 0 aromatic heterocycles. The third-order valence-electron chi connectivity index (χ3n) is 2.23. The van der Waals surface area contributed by atoms with E-state index < -0.39 is 24.1 Å². The van der Waals surface area contributed by atoms with Crippen LogP contribution in [-0.4, -0.2) is 29.2 Å². The van der Waals surface area contributed by atoms with E-state index in [1.54, 1.807) is 0 Å². The predicted octanol–water partition coefficient (Wildman–Crippen LogP) is 0.603. The first kappa shape index (κ1) is 12.2. The molecule has 0 saturated heterocycles. The maximum atomic E-state index is 12.7. The molecule has 18 heavy (non-hydrogen) atoms. The lowest BCUT2D eigenvalue weighted by molar-refractivity contribution is -0.286. The minimum atomic E-state index is -3.79. The first-order valence-corrected chi connectivity index (χ1v) is 4.73. The van der Waals surface area contributed by atoms with E-state index in [1.807, 2.05) is 0 Å². The van der Waals surface area contributed by atoms with Gasteiger partial charge in [-0.3, -0.25) is 9.59 Å². The van der Waals surface area contributed by atoms with E-state index in [4.69, 9.17) is 10.8 Å². The van der Waals surface area contributed by atoms with Crippen molar-refractivity contribution >= 4 is 11.8 Å². The van der Waals surface area contributed by atoms with Crippen LogP contribution in [0.2, 0.25) is 0 Å². The first-order chi connectivity index (χ1) is 8.30. The van der Waals surface area contributed by atoms with Crippen LogP contribution in [-0.2, 0) is 4.79 Å². The third-order valence-corrected chi connectivity index (χ3v) is 2.23. The number of nitrogens with two attached hydrogens (primary N) is 1. The number of ketones is 1. The second kappa shape index (κ2) is 3.91. The summed E-state index contributed by atoms with van der Waals surface area (Å²) in [5, 5.41) is 8.57. The summed E-state index contributed by atoms with van der Waals surface area (Å²) in [5.74, 6) is -3.00. The zero-order chi connectivity index (χ0) is 13.5. The molecule has 1 aromatic rings. The summed E-state index contributed by atoms with van der Waals surface area (Å²) in [6.07, 6.45) is -3.79. The number of aliphatic carboxylic acids is 1. The Bertz CT molecular complexity index is 531. The summed E-state index contributed by atoms with van der Waals surface area (Å²) in [6.45, 7) is 0. The predicted molar refractivity (Wildman–Crippen MR) is 52.6 cm³/mol. The standard InChI is InChI=1S/C10H7F2NO5/c11-10(12)17-5-2-1-4(3-6(5)18-10)8(14)7(13)9(15)16/h1-3,7H,13H2,(H,15,16). The molecule has 0 amide bonds. The molecule has 1 aliphatic rings. The van der Waals surface area contributed by atoms with Gasteiger partial charge >= 0.3 is 12.3 Å². The van der Waals surface area contributed by atoms with Gasteiger partial charge in [-0.2, -0.15) is 0 Å². The molecular formula is C10H7F2NO5. The largest absolute Gasteiger partial charge is 0.586 e. The average molecular weight is 259 g/mol. The van der Waals surface area contributed by atoms with Crippen molar-refractivity contribution in [1.82, 2.24) is 0 Å². The molecule has 6 nitrogen and oxygen atoms in total. The molecule has 0 spiro atoms. The second-order valence-electron chi connectivity index (χ2n) is 3.51. The first-order valence-electron chi connectivity index (χ1n) is 4.73. The number of carbonyl (C=O) groups is 2. The number of carboxylic acid groups (broad SMARTS) is 1. The van der Waals surface area contributed by atoms with Crippen LogP contribution in [0.5, 0.6) is 11.5 Å². The fraction of sp³-hybridized carbons (Fsp3) is 0.200. The van der Waals surface area contributed by atoms with E-state index in [0.717, 1.165) is 18.2 Å². The van der Waals surface area contributed by atoms with E-state index in [0.29, 0.717) is 0 Å². The number of fused-ring (bicyclic) bond motifs is 1. The van der Waals surface area contributed by atoms with Crippen LogP contribution in [0.25, 0.3) is 0 Å². The molecular weight excluding hydrogens is 252 g/mol. The summed E-state index contributed by atoms with van der Waals surface area (Å²) < 4.78 is 33.7. The minimum absolute atomic E-state index is 0.148. The molecule has 1 atom stereocenters. The van der Waals surface area contributed by atoms with Crippen LogP contribution in [0.1, 0.15) is 10.4 Å². The molecule has 0 radical (unpaired) electrons. The molecule has 3 N–H and O–H groups in total. The quantitative estimate of drug-likeness (QED) is 0.609. The van der Waals surface area contributed by atoms with E-state index >= 15 is 0 Å². The van der Waals surface area contributed by atoms with Crippen molar-refractivity contribution < 1.29 is 33.0 Å². The van der Waals surface area contributed by atoms with Crippen LogP contribution in [0.3, 0.4) is 0 Å². The summed E-state index contributed by atoms with van der Waals surface area (Å²) in [6, 6.07) is 1.42. The molecule has 96 valence electrons. The maximum absolute atomic E-state index is 12.7. The number of hydrogen-bond acceptors (Lipinski definition) is 5. The van der Waals surface area contributed by atoms with Gasteiger partial charge in [0.1, 0.15) is 0 Å². The number of rotatable bonds is 3. The van der Waals surface area contributed by atoms with Crippen LogP contribution in [0.4, 0.5) is 8.78 Å². The van der Waals surface area contributed by atoms with Gasteiger partial charge in [0.25, 0.3) is 0 Å². The third kappa shape index (κ3) is 2.09. The lowest BCUT2D eigenvalue weighted by Gasteiger charge is -2.06. The monoisotopic (exact) mass is 259 g/mol. The van der Waals surface area contributed by atoms with Gasteiger partial charge in [0, 0.05) is 5.56 Å². The normalized spacial score (nSPS) is 17.3. The lowest BCUT2D eigenvalue weighted by Crippen LogP contribution is -2.38. The Morgan fingerprint density at radius 1 is 1.28 bits per heavy atom. The van der Waals surface area contributed by atoms with E-state index in [2.05, 4.69) is 9.47 Å². The number of alkyl halides is 2. The number of benzene rings is 1. The van der Waals surface area contributed by atoms with Crippen molar-refractivity contribution in [2.24, 2.45) is 5.73 Å². The molecule has 0 fully saturated rings. The van der Waals surface area contributed by atoms with Gasteiger partial charge in [-0.05, 0) is 18.2 Å². The highest BCUT2D eigenvalue weighted by molar-refractivity contribution is 6.11. The Kier molecular flexibility index (Phi) is 2.66. The maximum Gasteiger partial charge on any atom is 0.586 e. The second-order valence-corrected chi connectivity index (χ2v) is 3.51. The zero-order valence-electron chi connectivity index (χ0n) is 8.72. The average Bonchev–Trinajstić information content (AvgIpc) is 2.59. The lowest BCUT2D eigenvalue weighted by atomic mass is 10.0. The van der Waals surface area contributed by atoms with E-state index in [9.17, 15) is 18.4 Å². The number of halogens is 2. The molecule has 1 unspecified atom stereocenters. The Labute approximate surface area is 98.9 Å². The van der Waals surface area contributed by atoms with Gasteiger partial charge in [-0.15, -0.1) is 8.78 Å². The summed E-state index contributed by atoms with van der Waals surface area (Å²) in [7, 11) is 0. The van der Waals surface area contributed by atoms with Crippen molar-refractivity contribution in [2.45, 2.75) is 12.3 Å². The van der Waals surface area contributed by atoms with Gasteiger partial charge in [0.05, 0.1) is 0 Å². The van der Waals surface area contributed by atoms with Crippen molar-refractivity contribution in [3.63, 3.8) is 0 Å². The molecule has 1 heterocycles. The van der Waals surface area contributed by atoms with Gasteiger partial charge in [-0.1, -0.05) is 0 Å². The van der Waals surface area contributed by atoms with Crippen LogP contribution in [0.15, 0.2) is 18.2 Å². The summed E-state index contributed by atoms with van der Waals surface area (Å²) in [4.78, 5) is 22.1. The van der Waals surface area contributed by atoms with Gasteiger partial charge in [0.2, 0.25) is 0 Å². The van der Waals surface area contributed by atoms with Gasteiger partial charge in [0.15, 0.2) is 23.3 Å². The topological polar surface area (TPSA) is 98.9 Å². The molecule has 1 aromatic carbocycles. The number of hydrogen-bond donors (Lipinski definition) is 2. The number of ether oxygens (including phenoxy) is 2. The zero-order valence-corrected chi connectivity index (χ0v) is 8.72. The Morgan fingerprint density at radius 3 is 2.50 bits per heavy atom. The van der Waals surface area contributed by atoms with Crippen LogP contribution in [0, 0.1) is 0 Å². The number of Topliss-reactive ketones (excluding diaryl/α,β-unsaturated/α-hetero) is 1. The molecule has 8 heteroatoms. The van der Waals surface area contributed by atoms with Crippen molar-refractivity contribution in [3.8, 4) is 11.5 Å². The minimum Gasteiger partial charge on any atom is -0.480 e. The van der Waals surface area contributed by atoms with Crippen molar-refractivity contribution in [3.05, 3.63) is 23.8 Å². The Balaban J connectivity index is 2.29. The Morgan fingerprint density at radius 2 is 1.89 bits per heavy atom. The highest BCUT2D eigenvalue weighted by Crippen LogP contribution is 2.41. The van der Waals surface area contributed by atoms with Crippen LogP contribution >= 0.6 is 0 Å². The molecule has 0 saturated carbocycles. The fourth-order valence-electron chi connectivity index (χ4n) is 1.39. The SMILES string of the molecule is NC(C(=O)O)C(=O)c1ccc2c(c1)OC(F)(F)O2. The smallest absolute Gasteiger partial charge is 0.480 e. The summed E-state index contributed by atoms with van der Waals surface area (Å²) >= 11 is 0. The Hall–Kier alpha value is -2.22. The number of carboxylic acids is 1. The highest BCUT2D eigenvalue weighted by Gasteiger charge is 2.43. The molecule has 0 aliphatic carbocycles. The van der Waals surface area contributed by atoms with Crippen LogP contribution < -0.4 is 15.2 Å². The van der Waals surface area contributed by atoms with Crippen molar-refractivity contribution in [2.75, 3.05) is 0 Å². The molecule has 0 bridgehead atoms. The fourth-order valence-corrected chi connectivity index (χ4v) is 1.39. The van der Waals surface area contributed by atoms with E-state index in [-0.39, 0.29) is 17.1 Å². The van der Waals surface area contributed by atoms with E-state index in [1.165, 1.54) is 0 Å². The molecule has 1 aliphatic heterocycles. The highest BCUT2D eigenvalue weighted by atomic mass is 19.3. The number of carbonyl (C=O) groups excluding carboxylic acids is 1. The van der Waals surface area contributed by atoms with Gasteiger partial charge < -0.3 is 20.3 Å². The summed E-state index contributed by atoms with van der Waals surface area (Å²) in [5.41, 5.74) is 4.97. The molecule has 2 rings (SSSR count). The van der Waals surface area contributed by atoms with Gasteiger partial charge in [-0.25, -0.2) is 0 Å².